The van der Waals surface area contributed by atoms with Gasteiger partial charge in [0.25, 0.3) is 0 Å². The number of piperidine rings is 1. The topological polar surface area (TPSA) is 79.0 Å². The Bertz CT molecular complexity index is 1020. The molecular weight excluding hydrogens is 426 g/mol. The van der Waals surface area contributed by atoms with Gasteiger partial charge >= 0.3 is 0 Å². The van der Waals surface area contributed by atoms with Crippen LogP contribution >= 0.6 is 0 Å². The minimum absolute atomic E-state index is 0.0916. The summed E-state index contributed by atoms with van der Waals surface area (Å²) in [5, 5.41) is 2.99. The molecule has 2 fully saturated rings. The molecule has 172 valence electrons. The van der Waals surface area contributed by atoms with Crippen LogP contribution in [0.15, 0.2) is 53.4 Å². The molecule has 7 nitrogen and oxygen atoms in total. The van der Waals surface area contributed by atoms with E-state index in [0.29, 0.717) is 25.9 Å². The van der Waals surface area contributed by atoms with Crippen LogP contribution in [0.25, 0.3) is 0 Å². The molecule has 2 aromatic carbocycles. The van der Waals surface area contributed by atoms with Crippen molar-refractivity contribution in [3.63, 3.8) is 0 Å². The molecule has 0 radical (unpaired) electrons. The van der Waals surface area contributed by atoms with Crippen molar-refractivity contribution in [2.24, 2.45) is 5.92 Å². The molecule has 2 saturated heterocycles. The highest BCUT2D eigenvalue weighted by molar-refractivity contribution is 7.89. The van der Waals surface area contributed by atoms with Gasteiger partial charge in [-0.1, -0.05) is 29.8 Å². The monoisotopic (exact) mass is 457 g/mol. The summed E-state index contributed by atoms with van der Waals surface area (Å²) in [5.74, 6) is -0.428. The quantitative estimate of drug-likeness (QED) is 0.721. The van der Waals surface area contributed by atoms with Crippen molar-refractivity contribution in [3.8, 4) is 0 Å². The Morgan fingerprint density at radius 3 is 2.41 bits per heavy atom. The second-order valence-corrected chi connectivity index (χ2v) is 10.4. The van der Waals surface area contributed by atoms with Gasteiger partial charge in [-0.2, -0.15) is 4.31 Å². The number of carbonyl (C=O) groups is 1. The normalized spacial score (nSPS) is 20.2. The van der Waals surface area contributed by atoms with Gasteiger partial charge in [-0.15, -0.1) is 0 Å². The fourth-order valence-corrected chi connectivity index (χ4v) is 5.74. The number of amides is 1. The molecule has 0 saturated carbocycles. The third-order valence-electron chi connectivity index (χ3n) is 6.19. The Hall–Kier alpha value is -2.42. The van der Waals surface area contributed by atoms with Gasteiger partial charge < -0.3 is 15.0 Å². The number of hydrogen-bond donors (Lipinski definition) is 1. The SMILES string of the molecule is Cc1ccc(S(=O)(=O)N2CCC[C@H](C(=O)NCc3ccc(N4CCOCC4)cc3)C2)cc1. The lowest BCUT2D eigenvalue weighted by Gasteiger charge is -2.31. The van der Waals surface area contributed by atoms with Crippen molar-refractivity contribution in [3.05, 3.63) is 59.7 Å². The zero-order valence-electron chi connectivity index (χ0n) is 18.5. The third-order valence-corrected chi connectivity index (χ3v) is 8.07. The average molecular weight is 458 g/mol. The van der Waals surface area contributed by atoms with Crippen LogP contribution in [0, 0.1) is 12.8 Å². The van der Waals surface area contributed by atoms with Crippen molar-refractivity contribution in [2.75, 3.05) is 44.3 Å². The standard InChI is InChI=1S/C24H31N3O4S/c1-19-4-10-23(11-5-19)32(29,30)27-12-2-3-21(18-27)24(28)25-17-20-6-8-22(9-7-20)26-13-15-31-16-14-26/h4-11,21H,2-3,12-18H2,1H3,(H,25,28)/t21-/m0/s1. The number of anilines is 1. The molecule has 32 heavy (non-hydrogen) atoms. The number of sulfonamides is 1. The van der Waals surface area contributed by atoms with Crippen LogP contribution in [0.5, 0.6) is 0 Å². The molecule has 1 N–H and O–H groups in total. The predicted molar refractivity (Wildman–Crippen MR) is 124 cm³/mol. The van der Waals surface area contributed by atoms with Gasteiger partial charge in [-0.25, -0.2) is 8.42 Å². The van der Waals surface area contributed by atoms with Crippen LogP contribution in [-0.4, -0.2) is 58.0 Å². The summed E-state index contributed by atoms with van der Waals surface area (Å²) < 4.78 is 32.8. The molecule has 0 unspecified atom stereocenters. The van der Waals surface area contributed by atoms with E-state index in [0.717, 1.165) is 43.1 Å². The lowest BCUT2D eigenvalue weighted by Crippen LogP contribution is -2.45. The van der Waals surface area contributed by atoms with Gasteiger partial charge in [0, 0.05) is 38.4 Å². The van der Waals surface area contributed by atoms with Crippen molar-refractivity contribution in [1.29, 1.82) is 0 Å². The predicted octanol–water partition coefficient (Wildman–Crippen LogP) is 2.55. The van der Waals surface area contributed by atoms with E-state index in [9.17, 15) is 13.2 Å². The lowest BCUT2D eigenvalue weighted by molar-refractivity contribution is -0.126. The molecule has 0 aromatic heterocycles. The summed E-state index contributed by atoms with van der Waals surface area (Å²) in [6.45, 7) is 6.30. The molecule has 2 aromatic rings. The minimum Gasteiger partial charge on any atom is -0.378 e. The fraction of sp³-hybridized carbons (Fsp3) is 0.458. The van der Waals surface area contributed by atoms with Gasteiger partial charge in [-0.3, -0.25) is 4.79 Å². The third kappa shape index (κ3) is 5.31. The summed E-state index contributed by atoms with van der Waals surface area (Å²) >= 11 is 0. The van der Waals surface area contributed by atoms with E-state index < -0.39 is 10.0 Å². The van der Waals surface area contributed by atoms with E-state index in [-0.39, 0.29) is 23.3 Å². The van der Waals surface area contributed by atoms with Crippen molar-refractivity contribution >= 4 is 21.6 Å². The van der Waals surface area contributed by atoms with E-state index in [2.05, 4.69) is 22.3 Å². The zero-order valence-corrected chi connectivity index (χ0v) is 19.3. The molecule has 4 rings (SSSR count). The van der Waals surface area contributed by atoms with Crippen molar-refractivity contribution < 1.29 is 17.9 Å². The maximum atomic E-state index is 13.0. The molecular formula is C24H31N3O4S. The van der Waals surface area contributed by atoms with Gasteiger partial charge in [0.2, 0.25) is 15.9 Å². The fourth-order valence-electron chi connectivity index (χ4n) is 4.21. The van der Waals surface area contributed by atoms with Crippen molar-refractivity contribution in [2.45, 2.75) is 31.2 Å². The number of benzene rings is 2. The molecule has 2 heterocycles. The Labute approximate surface area is 190 Å². The van der Waals surface area contributed by atoms with E-state index in [1.54, 1.807) is 24.3 Å². The van der Waals surface area contributed by atoms with Crippen LogP contribution in [-0.2, 0) is 26.1 Å². The smallest absolute Gasteiger partial charge is 0.243 e. The van der Waals surface area contributed by atoms with Crippen LogP contribution in [0.4, 0.5) is 5.69 Å². The van der Waals surface area contributed by atoms with Crippen LogP contribution in [0.1, 0.15) is 24.0 Å². The maximum Gasteiger partial charge on any atom is 0.243 e. The lowest BCUT2D eigenvalue weighted by atomic mass is 9.98. The number of nitrogens with zero attached hydrogens (tertiary/aromatic N) is 2. The molecule has 0 aliphatic carbocycles. The van der Waals surface area contributed by atoms with Crippen LogP contribution < -0.4 is 10.2 Å². The van der Waals surface area contributed by atoms with Gasteiger partial charge in [0.1, 0.15) is 0 Å². The molecule has 0 bridgehead atoms. The summed E-state index contributed by atoms with van der Waals surface area (Å²) in [4.78, 5) is 15.4. The minimum atomic E-state index is -3.59. The number of rotatable bonds is 6. The van der Waals surface area contributed by atoms with Gasteiger partial charge in [0.05, 0.1) is 24.0 Å². The summed E-state index contributed by atoms with van der Waals surface area (Å²) in [6.07, 6.45) is 1.37. The first-order chi connectivity index (χ1) is 15.4. The zero-order chi connectivity index (χ0) is 22.6. The van der Waals surface area contributed by atoms with Gasteiger partial charge in [0.15, 0.2) is 0 Å². The van der Waals surface area contributed by atoms with Crippen molar-refractivity contribution in [1.82, 2.24) is 9.62 Å². The van der Waals surface area contributed by atoms with Crippen LogP contribution in [0.3, 0.4) is 0 Å². The summed E-state index contributed by atoms with van der Waals surface area (Å²) in [6, 6.07) is 15.1. The first-order valence-corrected chi connectivity index (χ1v) is 12.6. The van der Waals surface area contributed by atoms with Gasteiger partial charge in [-0.05, 0) is 49.6 Å². The molecule has 0 spiro atoms. The highest BCUT2D eigenvalue weighted by Crippen LogP contribution is 2.24. The first kappa shape index (κ1) is 22.8. The molecule has 8 heteroatoms. The van der Waals surface area contributed by atoms with E-state index in [1.807, 2.05) is 19.1 Å². The second kappa shape index (κ2) is 10.0. The molecule has 2 aliphatic rings. The van der Waals surface area contributed by atoms with Crippen LogP contribution in [0.2, 0.25) is 0 Å². The van der Waals surface area contributed by atoms with E-state index >= 15 is 0 Å². The highest BCUT2D eigenvalue weighted by Gasteiger charge is 2.33. The number of carbonyl (C=O) groups excluding carboxylic acids is 1. The number of ether oxygens (including phenoxy) is 1. The Morgan fingerprint density at radius 2 is 1.72 bits per heavy atom. The second-order valence-electron chi connectivity index (χ2n) is 8.50. The molecule has 2 aliphatic heterocycles. The van der Waals surface area contributed by atoms with E-state index in [4.69, 9.17) is 4.74 Å². The number of nitrogens with one attached hydrogen (secondary N) is 1. The Morgan fingerprint density at radius 1 is 1.03 bits per heavy atom. The average Bonchev–Trinajstić information content (AvgIpc) is 2.84. The maximum absolute atomic E-state index is 13.0. The number of hydrogen-bond acceptors (Lipinski definition) is 5. The Kier molecular flexibility index (Phi) is 7.13. The number of aryl methyl sites for hydroxylation is 1. The number of morpholine rings is 1. The Balaban J connectivity index is 1.33. The largest absolute Gasteiger partial charge is 0.378 e. The first-order valence-electron chi connectivity index (χ1n) is 11.2. The molecule has 1 amide bonds. The van der Waals surface area contributed by atoms with E-state index in [1.165, 1.54) is 4.31 Å². The summed E-state index contributed by atoms with van der Waals surface area (Å²) in [5.41, 5.74) is 3.20. The summed E-state index contributed by atoms with van der Waals surface area (Å²) in [7, 11) is -3.59. The highest BCUT2D eigenvalue weighted by atomic mass is 32.2. The molecule has 1 atom stereocenters.